The number of nitrogens with one attached hydrogen (secondary N) is 1. The van der Waals surface area contributed by atoms with Gasteiger partial charge in [-0.3, -0.25) is 4.79 Å². The maximum absolute atomic E-state index is 12.2. The average Bonchev–Trinajstić information content (AvgIpc) is 2.28. The standard InChI is InChI=1S/C12H16ClNO4S/c1-7(2)11(12(15)16)14-19(17,18)9-6-4-5-8(3)10(9)13/h4-7,11,14H,1-3H3,(H,15,16)/t11-/m0/s1. The molecule has 1 aromatic rings. The molecule has 106 valence electrons. The molecule has 2 N–H and O–H groups in total. The lowest BCUT2D eigenvalue weighted by Crippen LogP contribution is -2.44. The van der Waals surface area contributed by atoms with Crippen LogP contribution in [0.5, 0.6) is 0 Å². The van der Waals surface area contributed by atoms with E-state index in [1.54, 1.807) is 32.9 Å². The van der Waals surface area contributed by atoms with E-state index >= 15 is 0 Å². The number of carbonyl (C=O) groups is 1. The summed E-state index contributed by atoms with van der Waals surface area (Å²) in [7, 11) is -3.97. The number of carboxylic acid groups (broad SMARTS) is 1. The van der Waals surface area contributed by atoms with Crippen molar-refractivity contribution in [2.24, 2.45) is 5.92 Å². The lowest BCUT2D eigenvalue weighted by Gasteiger charge is -2.18. The van der Waals surface area contributed by atoms with Crippen LogP contribution in [0, 0.1) is 12.8 Å². The predicted molar refractivity (Wildman–Crippen MR) is 72.8 cm³/mol. The van der Waals surface area contributed by atoms with E-state index in [0.29, 0.717) is 5.56 Å². The third kappa shape index (κ3) is 3.68. The number of aliphatic carboxylic acids is 1. The molecule has 0 bridgehead atoms. The average molecular weight is 306 g/mol. The van der Waals surface area contributed by atoms with Gasteiger partial charge in [0.05, 0.1) is 5.02 Å². The molecule has 0 aromatic heterocycles. The maximum Gasteiger partial charge on any atom is 0.322 e. The van der Waals surface area contributed by atoms with Gasteiger partial charge in [0.15, 0.2) is 0 Å². The summed E-state index contributed by atoms with van der Waals surface area (Å²) >= 11 is 5.95. The first-order valence-electron chi connectivity index (χ1n) is 5.67. The third-order valence-electron chi connectivity index (χ3n) is 2.66. The van der Waals surface area contributed by atoms with Crippen LogP contribution in [0.1, 0.15) is 19.4 Å². The highest BCUT2D eigenvalue weighted by molar-refractivity contribution is 7.89. The van der Waals surface area contributed by atoms with Gasteiger partial charge in [-0.05, 0) is 24.5 Å². The van der Waals surface area contributed by atoms with Gasteiger partial charge >= 0.3 is 5.97 Å². The van der Waals surface area contributed by atoms with Crippen molar-refractivity contribution in [3.05, 3.63) is 28.8 Å². The number of sulfonamides is 1. The lowest BCUT2D eigenvalue weighted by molar-refractivity contribution is -0.140. The van der Waals surface area contributed by atoms with Gasteiger partial charge in [0.2, 0.25) is 10.0 Å². The molecule has 0 radical (unpaired) electrons. The molecule has 0 fully saturated rings. The van der Waals surface area contributed by atoms with Gasteiger partial charge < -0.3 is 5.11 Å². The summed E-state index contributed by atoms with van der Waals surface area (Å²) in [5.41, 5.74) is 0.612. The van der Waals surface area contributed by atoms with E-state index in [9.17, 15) is 13.2 Å². The van der Waals surface area contributed by atoms with Crippen LogP contribution in [-0.4, -0.2) is 25.5 Å². The van der Waals surface area contributed by atoms with Crippen LogP contribution in [-0.2, 0) is 14.8 Å². The fourth-order valence-corrected chi connectivity index (χ4v) is 3.45. The van der Waals surface area contributed by atoms with Gasteiger partial charge in [-0.2, -0.15) is 4.72 Å². The first kappa shape index (κ1) is 15.9. The Kier molecular flexibility index (Phi) is 4.95. The Morgan fingerprint density at radius 3 is 2.42 bits per heavy atom. The minimum atomic E-state index is -3.97. The van der Waals surface area contributed by atoms with E-state index in [4.69, 9.17) is 16.7 Å². The second kappa shape index (κ2) is 5.90. The SMILES string of the molecule is Cc1cccc(S(=O)(=O)N[C@H](C(=O)O)C(C)C)c1Cl. The van der Waals surface area contributed by atoms with Crippen LogP contribution in [0.4, 0.5) is 0 Å². The largest absolute Gasteiger partial charge is 0.480 e. The third-order valence-corrected chi connectivity index (χ3v) is 4.76. The van der Waals surface area contributed by atoms with Crippen LogP contribution in [0.25, 0.3) is 0 Å². The van der Waals surface area contributed by atoms with E-state index in [-0.39, 0.29) is 15.8 Å². The smallest absolute Gasteiger partial charge is 0.322 e. The number of aryl methyl sites for hydroxylation is 1. The van der Waals surface area contributed by atoms with Gasteiger partial charge in [-0.25, -0.2) is 8.42 Å². The topological polar surface area (TPSA) is 83.5 Å². The Morgan fingerprint density at radius 2 is 1.95 bits per heavy atom. The molecule has 7 heteroatoms. The predicted octanol–water partition coefficient (Wildman–Crippen LogP) is 2.04. The fraction of sp³-hybridized carbons (Fsp3) is 0.417. The molecular formula is C12H16ClNO4S. The number of hydrogen-bond donors (Lipinski definition) is 2. The van der Waals surface area contributed by atoms with E-state index in [1.807, 2.05) is 0 Å². The molecule has 0 aliphatic rings. The lowest BCUT2D eigenvalue weighted by atomic mass is 10.1. The van der Waals surface area contributed by atoms with Crippen molar-refractivity contribution in [3.63, 3.8) is 0 Å². The summed E-state index contributed by atoms with van der Waals surface area (Å²) < 4.78 is 26.5. The highest BCUT2D eigenvalue weighted by Gasteiger charge is 2.29. The molecular weight excluding hydrogens is 290 g/mol. The summed E-state index contributed by atoms with van der Waals surface area (Å²) in [5.74, 6) is -1.60. The number of carboxylic acids is 1. The second-order valence-corrected chi connectivity index (χ2v) is 6.63. The first-order valence-corrected chi connectivity index (χ1v) is 7.53. The van der Waals surface area contributed by atoms with E-state index in [1.165, 1.54) is 6.07 Å². The summed E-state index contributed by atoms with van der Waals surface area (Å²) in [6.07, 6.45) is 0. The van der Waals surface area contributed by atoms with E-state index < -0.39 is 22.0 Å². The van der Waals surface area contributed by atoms with E-state index in [2.05, 4.69) is 4.72 Å². The molecule has 0 unspecified atom stereocenters. The number of rotatable bonds is 5. The Labute approximate surface area is 117 Å². The Balaban J connectivity index is 3.18. The maximum atomic E-state index is 12.2. The molecule has 0 heterocycles. The Bertz CT molecular complexity index is 583. The van der Waals surface area contributed by atoms with E-state index in [0.717, 1.165) is 0 Å². The van der Waals surface area contributed by atoms with Crippen molar-refractivity contribution in [2.45, 2.75) is 31.7 Å². The first-order chi connectivity index (χ1) is 8.66. The minimum Gasteiger partial charge on any atom is -0.480 e. The summed E-state index contributed by atoms with van der Waals surface area (Å²) in [5, 5.41) is 9.12. The quantitative estimate of drug-likeness (QED) is 0.872. The summed E-state index contributed by atoms with van der Waals surface area (Å²) in [4.78, 5) is 10.9. The van der Waals surface area contributed by atoms with Crippen LogP contribution in [0.3, 0.4) is 0 Å². The molecule has 1 rings (SSSR count). The van der Waals surface area contributed by atoms with Crippen molar-refractivity contribution in [1.82, 2.24) is 4.72 Å². The molecule has 0 aliphatic heterocycles. The molecule has 0 spiro atoms. The van der Waals surface area contributed by atoms with Crippen molar-refractivity contribution in [2.75, 3.05) is 0 Å². The van der Waals surface area contributed by atoms with Crippen molar-refractivity contribution >= 4 is 27.6 Å². The highest BCUT2D eigenvalue weighted by Crippen LogP contribution is 2.25. The number of halogens is 1. The fourth-order valence-electron chi connectivity index (χ4n) is 1.53. The monoisotopic (exact) mass is 305 g/mol. The summed E-state index contributed by atoms with van der Waals surface area (Å²) in [6.45, 7) is 4.93. The van der Waals surface area contributed by atoms with Gasteiger partial charge in [-0.1, -0.05) is 37.6 Å². The van der Waals surface area contributed by atoms with Crippen molar-refractivity contribution in [3.8, 4) is 0 Å². The van der Waals surface area contributed by atoms with Crippen LogP contribution >= 0.6 is 11.6 Å². The minimum absolute atomic E-state index is 0.0999. The zero-order valence-electron chi connectivity index (χ0n) is 10.8. The molecule has 1 atom stereocenters. The number of hydrogen-bond acceptors (Lipinski definition) is 3. The molecule has 0 saturated heterocycles. The molecule has 0 aliphatic carbocycles. The van der Waals surface area contributed by atoms with Crippen LogP contribution < -0.4 is 4.72 Å². The van der Waals surface area contributed by atoms with Gasteiger partial charge in [-0.15, -0.1) is 0 Å². The van der Waals surface area contributed by atoms with Gasteiger partial charge in [0, 0.05) is 0 Å². The van der Waals surface area contributed by atoms with Gasteiger partial charge in [0.25, 0.3) is 0 Å². The Morgan fingerprint density at radius 1 is 1.37 bits per heavy atom. The van der Waals surface area contributed by atoms with Crippen LogP contribution in [0.15, 0.2) is 23.1 Å². The Hall–Kier alpha value is -1.11. The molecule has 0 amide bonds. The highest BCUT2D eigenvalue weighted by atomic mass is 35.5. The molecule has 0 saturated carbocycles. The second-order valence-electron chi connectivity index (χ2n) is 4.57. The number of benzene rings is 1. The molecule has 19 heavy (non-hydrogen) atoms. The zero-order valence-corrected chi connectivity index (χ0v) is 12.4. The van der Waals surface area contributed by atoms with Gasteiger partial charge in [0.1, 0.15) is 10.9 Å². The molecule has 5 nitrogen and oxygen atoms in total. The zero-order chi connectivity index (χ0) is 14.8. The normalized spacial score (nSPS) is 13.5. The summed E-state index contributed by atoms with van der Waals surface area (Å²) in [6, 6.07) is 3.39. The van der Waals surface area contributed by atoms with Crippen molar-refractivity contribution in [1.29, 1.82) is 0 Å². The van der Waals surface area contributed by atoms with Crippen LogP contribution in [0.2, 0.25) is 5.02 Å². The molecule has 1 aromatic carbocycles. The van der Waals surface area contributed by atoms with Crippen molar-refractivity contribution < 1.29 is 18.3 Å².